The van der Waals surface area contributed by atoms with Gasteiger partial charge in [0, 0.05) is 13.0 Å². The first-order valence-corrected chi connectivity index (χ1v) is 5.73. The van der Waals surface area contributed by atoms with Crippen molar-refractivity contribution in [3.8, 4) is 0 Å². The summed E-state index contributed by atoms with van der Waals surface area (Å²) < 4.78 is 9.66. The highest BCUT2D eigenvalue weighted by Gasteiger charge is 2.39. The summed E-state index contributed by atoms with van der Waals surface area (Å²) in [5, 5.41) is 3.07. The van der Waals surface area contributed by atoms with Gasteiger partial charge >= 0.3 is 17.7 Å². The van der Waals surface area contributed by atoms with Crippen molar-refractivity contribution in [3.63, 3.8) is 0 Å². The van der Waals surface area contributed by atoms with Gasteiger partial charge in [-0.15, -0.1) is 0 Å². The van der Waals surface area contributed by atoms with Crippen molar-refractivity contribution in [2.24, 2.45) is 0 Å². The topological polar surface area (TPSA) is 101 Å². The van der Waals surface area contributed by atoms with Gasteiger partial charge in [0.25, 0.3) is 0 Å². The molecule has 0 unspecified atom stereocenters. The molecule has 0 amide bonds. The maximum atomic E-state index is 11.4. The molecule has 7 nitrogen and oxygen atoms in total. The fourth-order valence-corrected chi connectivity index (χ4v) is 2.04. The average molecular weight is 255 g/mol. The van der Waals surface area contributed by atoms with Gasteiger partial charge in [0.2, 0.25) is 0 Å². The molecule has 0 aromatic heterocycles. The van der Waals surface area contributed by atoms with Crippen LogP contribution in [0.3, 0.4) is 0 Å². The van der Waals surface area contributed by atoms with Crippen LogP contribution >= 0.6 is 0 Å². The van der Waals surface area contributed by atoms with E-state index in [0.717, 1.165) is 0 Å². The van der Waals surface area contributed by atoms with Gasteiger partial charge in [-0.25, -0.2) is 4.79 Å². The lowest BCUT2D eigenvalue weighted by atomic mass is 9.94. The summed E-state index contributed by atoms with van der Waals surface area (Å²) in [5.41, 5.74) is 8.77. The van der Waals surface area contributed by atoms with E-state index in [9.17, 15) is 9.59 Å². The Morgan fingerprint density at radius 2 is 2.06 bits per heavy atom. The van der Waals surface area contributed by atoms with Crippen molar-refractivity contribution in [3.05, 3.63) is 5.53 Å². The Bertz CT molecular complexity index is 390. The Balaban J connectivity index is 2.68. The van der Waals surface area contributed by atoms with Crippen molar-refractivity contribution >= 4 is 17.7 Å². The maximum Gasteiger partial charge on any atom is 0.418 e. The van der Waals surface area contributed by atoms with Crippen molar-refractivity contribution in [1.82, 2.24) is 5.32 Å². The van der Waals surface area contributed by atoms with E-state index < -0.39 is 12.0 Å². The van der Waals surface area contributed by atoms with E-state index >= 15 is 0 Å². The number of methoxy groups -OCH3 is 1. The molecule has 100 valence electrons. The number of carbonyl (C=O) groups is 2. The molecule has 0 bridgehead atoms. The van der Waals surface area contributed by atoms with Crippen LogP contribution in [0.4, 0.5) is 0 Å². The molecule has 0 radical (unpaired) electrons. The molecule has 1 rings (SSSR count). The zero-order valence-corrected chi connectivity index (χ0v) is 10.7. The quantitative estimate of drug-likeness (QED) is 0.328. The van der Waals surface area contributed by atoms with Crippen LogP contribution in [-0.4, -0.2) is 47.7 Å². The van der Waals surface area contributed by atoms with Crippen LogP contribution in [0.5, 0.6) is 0 Å². The van der Waals surface area contributed by atoms with Crippen molar-refractivity contribution in [1.29, 1.82) is 0 Å². The minimum Gasteiger partial charge on any atom is -0.461 e. The van der Waals surface area contributed by atoms with Crippen LogP contribution in [0.15, 0.2) is 0 Å². The first kappa shape index (κ1) is 14.3. The van der Waals surface area contributed by atoms with E-state index in [2.05, 4.69) is 14.8 Å². The third-order valence-electron chi connectivity index (χ3n) is 2.91. The number of ether oxygens (including phenoxy) is 2. The van der Waals surface area contributed by atoms with Gasteiger partial charge < -0.3 is 15.0 Å². The van der Waals surface area contributed by atoms with Gasteiger partial charge in [-0.3, -0.25) is 10.1 Å². The molecule has 1 N–H and O–H groups in total. The van der Waals surface area contributed by atoms with Crippen molar-refractivity contribution in [2.75, 3.05) is 7.11 Å². The van der Waals surface area contributed by atoms with E-state index in [-0.39, 0.29) is 23.8 Å². The van der Waals surface area contributed by atoms with E-state index in [1.54, 1.807) is 0 Å². The second kappa shape index (κ2) is 6.28. The first-order valence-electron chi connectivity index (χ1n) is 5.73. The average Bonchev–Trinajstić information content (AvgIpc) is 2.32. The van der Waals surface area contributed by atoms with Crippen LogP contribution in [0, 0.1) is 0 Å². The second-order valence-electron chi connectivity index (χ2n) is 4.21. The number of nitrogens with one attached hydrogen (secondary N) is 1. The Morgan fingerprint density at radius 1 is 1.39 bits per heavy atom. The minimum atomic E-state index is -0.673. The molecule has 18 heavy (non-hydrogen) atoms. The Labute approximate surface area is 105 Å². The zero-order valence-electron chi connectivity index (χ0n) is 10.7. The van der Waals surface area contributed by atoms with Gasteiger partial charge in [0.1, 0.15) is 12.1 Å². The zero-order chi connectivity index (χ0) is 13.7. The predicted molar refractivity (Wildman–Crippen MR) is 61.8 cm³/mol. The molecule has 1 aliphatic rings. The molecule has 3 atom stereocenters. The summed E-state index contributed by atoms with van der Waals surface area (Å²) >= 11 is 0. The summed E-state index contributed by atoms with van der Waals surface area (Å²) in [6.07, 6.45) is 0.877. The monoisotopic (exact) mass is 255 g/mol. The van der Waals surface area contributed by atoms with Crippen molar-refractivity contribution < 1.29 is 23.9 Å². The third-order valence-corrected chi connectivity index (χ3v) is 2.91. The molecule has 0 aliphatic carbocycles. The Morgan fingerprint density at radius 3 is 2.50 bits per heavy atom. The molecule has 1 fully saturated rings. The molecule has 0 spiro atoms. The minimum absolute atomic E-state index is 0.0642. The van der Waals surface area contributed by atoms with Crippen LogP contribution in [0.1, 0.15) is 26.7 Å². The molecule has 1 saturated heterocycles. The van der Waals surface area contributed by atoms with E-state index in [0.29, 0.717) is 12.8 Å². The maximum absolute atomic E-state index is 11.4. The van der Waals surface area contributed by atoms with E-state index in [1.807, 2.05) is 6.92 Å². The lowest BCUT2D eigenvalue weighted by Crippen LogP contribution is -2.54. The Hall–Kier alpha value is -1.72. The molecule has 0 saturated carbocycles. The largest absolute Gasteiger partial charge is 0.461 e. The molecule has 7 heteroatoms. The summed E-state index contributed by atoms with van der Waals surface area (Å²) in [7, 11) is 1.22. The van der Waals surface area contributed by atoms with Crippen LogP contribution in [-0.2, 0) is 19.1 Å². The SMILES string of the molecule is COC(=O)C(=[N+]=[N-])[C@@H]1CC[C@@H](OC(C)=O)[C@@H](C)N1. The molecular formula is C11H17N3O4. The van der Waals surface area contributed by atoms with Crippen LogP contribution in [0.25, 0.3) is 5.53 Å². The Kier molecular flexibility index (Phi) is 5.00. The number of nitrogens with zero attached hydrogens (tertiary/aromatic N) is 2. The summed E-state index contributed by atoms with van der Waals surface area (Å²) in [4.78, 5) is 25.2. The predicted octanol–water partition coefficient (Wildman–Crippen LogP) is -0.0976. The van der Waals surface area contributed by atoms with Gasteiger partial charge in [0.15, 0.2) is 0 Å². The van der Waals surface area contributed by atoms with E-state index in [4.69, 9.17) is 10.3 Å². The van der Waals surface area contributed by atoms with E-state index in [1.165, 1.54) is 14.0 Å². The number of hydrogen-bond donors (Lipinski definition) is 1. The number of hydrogen-bond acceptors (Lipinski definition) is 5. The van der Waals surface area contributed by atoms with Gasteiger partial charge in [-0.2, -0.15) is 4.79 Å². The highest BCUT2D eigenvalue weighted by molar-refractivity contribution is 6.36. The molecule has 1 aliphatic heterocycles. The van der Waals surface area contributed by atoms with Gasteiger partial charge in [-0.05, 0) is 19.8 Å². The number of carbonyl (C=O) groups excluding carboxylic acids is 2. The van der Waals surface area contributed by atoms with Crippen LogP contribution < -0.4 is 5.32 Å². The van der Waals surface area contributed by atoms with Gasteiger partial charge in [-0.1, -0.05) is 0 Å². The molecular weight excluding hydrogens is 238 g/mol. The standard InChI is InChI=1S/C11H17N3O4/c1-6-9(18-7(2)15)5-4-8(13-6)10(14-12)11(16)17-3/h6,8-9,13H,4-5H2,1-3H3/t6-,8+,9-/m1/s1. The third kappa shape index (κ3) is 3.38. The molecule has 0 aromatic carbocycles. The van der Waals surface area contributed by atoms with Gasteiger partial charge in [0.05, 0.1) is 7.11 Å². The normalized spacial score (nSPS) is 26.9. The first-order chi connectivity index (χ1) is 8.49. The second-order valence-corrected chi connectivity index (χ2v) is 4.21. The fourth-order valence-electron chi connectivity index (χ4n) is 2.04. The fraction of sp³-hybridized carbons (Fsp3) is 0.727. The lowest BCUT2D eigenvalue weighted by Gasteiger charge is -2.32. The smallest absolute Gasteiger partial charge is 0.418 e. The van der Waals surface area contributed by atoms with Crippen molar-refractivity contribution in [2.45, 2.75) is 44.9 Å². The lowest BCUT2D eigenvalue weighted by molar-refractivity contribution is -0.149. The summed E-state index contributed by atoms with van der Waals surface area (Å²) in [5.74, 6) is -1.01. The summed E-state index contributed by atoms with van der Waals surface area (Å²) in [6, 6.07) is -0.529. The molecule has 1 heterocycles. The number of piperidine rings is 1. The number of rotatable bonds is 3. The highest BCUT2D eigenvalue weighted by atomic mass is 16.5. The highest BCUT2D eigenvalue weighted by Crippen LogP contribution is 2.17. The number of esters is 2. The summed E-state index contributed by atoms with van der Waals surface area (Å²) in [6.45, 7) is 3.19. The van der Waals surface area contributed by atoms with Crippen LogP contribution in [0.2, 0.25) is 0 Å². The molecule has 0 aromatic rings.